The van der Waals surface area contributed by atoms with Crippen LogP contribution in [0.15, 0.2) is 42.5 Å². The van der Waals surface area contributed by atoms with E-state index in [-0.39, 0.29) is 0 Å². The zero-order valence-corrected chi connectivity index (χ0v) is 13.5. The summed E-state index contributed by atoms with van der Waals surface area (Å²) >= 11 is 0. The van der Waals surface area contributed by atoms with Crippen molar-refractivity contribution in [1.29, 1.82) is 0 Å². The zero-order valence-electron chi connectivity index (χ0n) is 13.5. The van der Waals surface area contributed by atoms with Gasteiger partial charge in [-0.2, -0.15) is 0 Å². The third-order valence-corrected chi connectivity index (χ3v) is 4.37. The van der Waals surface area contributed by atoms with E-state index in [0.29, 0.717) is 11.3 Å². The van der Waals surface area contributed by atoms with Gasteiger partial charge in [0.15, 0.2) is 0 Å². The van der Waals surface area contributed by atoms with Crippen molar-refractivity contribution in [3.63, 3.8) is 0 Å². The van der Waals surface area contributed by atoms with Crippen LogP contribution in [0.1, 0.15) is 6.92 Å². The number of benzene rings is 2. The number of ether oxygens (including phenoxy) is 2. The monoisotopic (exact) mass is 342 g/mol. The highest BCUT2D eigenvalue weighted by atomic mass is 16.7. The van der Waals surface area contributed by atoms with Gasteiger partial charge >= 0.3 is 0 Å². The van der Waals surface area contributed by atoms with E-state index in [2.05, 4.69) is 9.97 Å². The first-order chi connectivity index (χ1) is 12.0. The molecule has 0 unspecified atom stereocenters. The van der Waals surface area contributed by atoms with E-state index >= 15 is 0 Å². The maximum Gasteiger partial charge on any atom is 0.229 e. The fourth-order valence-corrected chi connectivity index (χ4v) is 2.92. The van der Waals surface area contributed by atoms with Gasteiger partial charge in [-0.1, -0.05) is 12.1 Å². The second-order valence-corrected chi connectivity index (χ2v) is 6.16. The standard InChI is InChI=1S/C18H18N2O5/c1-9-15(21)16(22)17(23)18(24-9)25-10-6-7-13-14(8-10)20-12-5-3-2-4-11(12)19-13/h2-9,15-18,21-23H,1H3/t9-,15-,16+,17-,18-/m0/s1. The molecule has 1 aliphatic heterocycles. The molecule has 4 rings (SSSR count). The lowest BCUT2D eigenvalue weighted by atomic mass is 10.00. The molecule has 0 bridgehead atoms. The summed E-state index contributed by atoms with van der Waals surface area (Å²) < 4.78 is 11.1. The summed E-state index contributed by atoms with van der Waals surface area (Å²) in [5, 5.41) is 29.7. The quantitative estimate of drug-likeness (QED) is 0.597. The number of aromatic nitrogens is 2. The van der Waals surface area contributed by atoms with Crippen LogP contribution < -0.4 is 4.74 Å². The molecule has 0 saturated carbocycles. The molecule has 1 aromatic heterocycles. The molecule has 0 amide bonds. The molecule has 0 aliphatic carbocycles. The Kier molecular flexibility index (Phi) is 4.01. The summed E-state index contributed by atoms with van der Waals surface area (Å²) in [6, 6.07) is 12.7. The largest absolute Gasteiger partial charge is 0.462 e. The average molecular weight is 342 g/mol. The van der Waals surface area contributed by atoms with E-state index in [1.54, 1.807) is 25.1 Å². The van der Waals surface area contributed by atoms with E-state index in [0.717, 1.165) is 16.6 Å². The molecule has 2 heterocycles. The summed E-state index contributed by atoms with van der Waals surface area (Å²) in [6.07, 6.45) is -5.60. The van der Waals surface area contributed by atoms with Crippen LogP contribution in [0, 0.1) is 0 Å². The number of para-hydroxylation sites is 2. The highest BCUT2D eigenvalue weighted by molar-refractivity contribution is 5.86. The fourth-order valence-electron chi connectivity index (χ4n) is 2.92. The Morgan fingerprint density at radius 3 is 2.20 bits per heavy atom. The fraction of sp³-hybridized carbons (Fsp3) is 0.333. The first kappa shape index (κ1) is 16.2. The molecule has 5 atom stereocenters. The van der Waals surface area contributed by atoms with Gasteiger partial charge in [-0.15, -0.1) is 0 Å². The van der Waals surface area contributed by atoms with Crippen LogP contribution in [0.25, 0.3) is 22.1 Å². The van der Waals surface area contributed by atoms with Crippen LogP contribution in [0.4, 0.5) is 0 Å². The lowest BCUT2D eigenvalue weighted by Crippen LogP contribution is -2.58. The third-order valence-electron chi connectivity index (χ3n) is 4.37. The smallest absolute Gasteiger partial charge is 0.229 e. The van der Waals surface area contributed by atoms with Gasteiger partial charge in [-0.05, 0) is 31.2 Å². The van der Waals surface area contributed by atoms with Gasteiger partial charge < -0.3 is 24.8 Å². The molecule has 0 radical (unpaired) electrons. The minimum atomic E-state index is -1.36. The topological polar surface area (TPSA) is 105 Å². The van der Waals surface area contributed by atoms with Crippen LogP contribution in [-0.4, -0.2) is 56.0 Å². The predicted molar refractivity (Wildman–Crippen MR) is 90.0 cm³/mol. The molecule has 1 saturated heterocycles. The predicted octanol–water partition coefficient (Wildman–Crippen LogP) is 0.989. The molecule has 130 valence electrons. The highest BCUT2D eigenvalue weighted by Gasteiger charge is 2.43. The number of nitrogens with zero attached hydrogens (tertiary/aromatic N) is 2. The van der Waals surface area contributed by atoms with Crippen LogP contribution in [0.2, 0.25) is 0 Å². The summed E-state index contributed by atoms with van der Waals surface area (Å²) in [6.45, 7) is 1.61. The van der Waals surface area contributed by atoms with E-state index in [4.69, 9.17) is 9.47 Å². The van der Waals surface area contributed by atoms with E-state index in [1.165, 1.54) is 0 Å². The molecule has 1 aliphatic rings. The molecule has 25 heavy (non-hydrogen) atoms. The highest BCUT2D eigenvalue weighted by Crippen LogP contribution is 2.26. The van der Waals surface area contributed by atoms with Crippen molar-refractivity contribution in [2.24, 2.45) is 0 Å². The lowest BCUT2D eigenvalue weighted by molar-refractivity contribution is -0.268. The Bertz CT molecular complexity index is 918. The molecule has 0 spiro atoms. The number of aliphatic hydroxyl groups is 3. The molecular weight excluding hydrogens is 324 g/mol. The van der Waals surface area contributed by atoms with E-state index in [1.807, 2.05) is 24.3 Å². The maximum absolute atomic E-state index is 10.1. The van der Waals surface area contributed by atoms with Gasteiger partial charge in [0.25, 0.3) is 0 Å². The van der Waals surface area contributed by atoms with E-state index in [9.17, 15) is 15.3 Å². The molecule has 2 aromatic carbocycles. The summed E-state index contributed by atoms with van der Waals surface area (Å²) in [4.78, 5) is 9.10. The van der Waals surface area contributed by atoms with Crippen molar-refractivity contribution in [2.75, 3.05) is 0 Å². The summed E-state index contributed by atoms with van der Waals surface area (Å²) in [7, 11) is 0. The van der Waals surface area contributed by atoms with Crippen molar-refractivity contribution in [3.8, 4) is 5.75 Å². The Labute approximate surface area is 143 Å². The van der Waals surface area contributed by atoms with Gasteiger partial charge in [-0.3, -0.25) is 0 Å². The number of aliphatic hydroxyl groups excluding tert-OH is 3. The van der Waals surface area contributed by atoms with Crippen molar-refractivity contribution in [1.82, 2.24) is 9.97 Å². The van der Waals surface area contributed by atoms with Crippen LogP contribution in [0.5, 0.6) is 5.75 Å². The minimum absolute atomic E-state index is 0.428. The number of fused-ring (bicyclic) bond motifs is 2. The zero-order chi connectivity index (χ0) is 17.6. The Balaban J connectivity index is 1.64. The van der Waals surface area contributed by atoms with Gasteiger partial charge in [0.2, 0.25) is 6.29 Å². The Morgan fingerprint density at radius 2 is 1.48 bits per heavy atom. The second-order valence-electron chi connectivity index (χ2n) is 6.16. The summed E-state index contributed by atoms with van der Waals surface area (Å²) in [5.41, 5.74) is 2.95. The Morgan fingerprint density at radius 1 is 0.840 bits per heavy atom. The van der Waals surface area contributed by atoms with Crippen molar-refractivity contribution < 1.29 is 24.8 Å². The SMILES string of the molecule is C[C@@H]1O[C@@H](Oc2ccc3nc4ccccc4nc3c2)[C@@H](O)[C@H](O)[C@H]1O. The van der Waals surface area contributed by atoms with Gasteiger partial charge in [-0.25, -0.2) is 9.97 Å². The molecule has 1 fully saturated rings. The first-order valence-electron chi connectivity index (χ1n) is 8.06. The lowest BCUT2D eigenvalue weighted by Gasteiger charge is -2.38. The van der Waals surface area contributed by atoms with Crippen molar-refractivity contribution in [2.45, 2.75) is 37.6 Å². The van der Waals surface area contributed by atoms with Gasteiger partial charge in [0.05, 0.1) is 28.2 Å². The van der Waals surface area contributed by atoms with Crippen molar-refractivity contribution >= 4 is 22.1 Å². The minimum Gasteiger partial charge on any atom is -0.462 e. The molecule has 3 aromatic rings. The molecule has 3 N–H and O–H groups in total. The average Bonchev–Trinajstić information content (AvgIpc) is 2.62. The Hall–Kier alpha value is -2.32. The van der Waals surface area contributed by atoms with Crippen LogP contribution >= 0.6 is 0 Å². The summed E-state index contributed by atoms with van der Waals surface area (Å²) in [5.74, 6) is 0.428. The molecule has 7 nitrogen and oxygen atoms in total. The number of rotatable bonds is 2. The van der Waals surface area contributed by atoms with E-state index < -0.39 is 30.7 Å². The number of hydrogen-bond acceptors (Lipinski definition) is 7. The second kappa shape index (κ2) is 6.20. The maximum atomic E-state index is 10.1. The first-order valence-corrected chi connectivity index (χ1v) is 8.06. The van der Waals surface area contributed by atoms with Crippen LogP contribution in [0.3, 0.4) is 0 Å². The van der Waals surface area contributed by atoms with Crippen LogP contribution in [-0.2, 0) is 4.74 Å². The molecule has 7 heteroatoms. The normalized spacial score (nSPS) is 29.8. The number of hydrogen-bond donors (Lipinski definition) is 3. The van der Waals surface area contributed by atoms with Gasteiger partial charge in [0.1, 0.15) is 24.1 Å². The van der Waals surface area contributed by atoms with Gasteiger partial charge in [0, 0.05) is 6.07 Å². The third kappa shape index (κ3) is 2.91. The van der Waals surface area contributed by atoms with Crippen molar-refractivity contribution in [3.05, 3.63) is 42.5 Å². The molecular formula is C18H18N2O5.